The van der Waals surface area contributed by atoms with Crippen molar-refractivity contribution in [3.05, 3.63) is 0 Å². The number of hydrogen-bond acceptors (Lipinski definition) is 5. The van der Waals surface area contributed by atoms with Gasteiger partial charge in [0.2, 0.25) is 0 Å². The van der Waals surface area contributed by atoms with Crippen LogP contribution in [0, 0.1) is 11.3 Å². The van der Waals surface area contributed by atoms with Gasteiger partial charge in [0.05, 0.1) is 18.4 Å². The molecule has 1 atom stereocenters. The van der Waals surface area contributed by atoms with Crippen molar-refractivity contribution in [1.29, 1.82) is 5.26 Å². The first-order valence-electron chi connectivity index (χ1n) is 4.74. The first-order chi connectivity index (χ1) is 6.99. The molecule has 0 fully saturated rings. The van der Waals surface area contributed by atoms with Crippen LogP contribution in [0.1, 0.15) is 26.7 Å². The van der Waals surface area contributed by atoms with Gasteiger partial charge in [0.15, 0.2) is 15.1 Å². The fraction of sp³-hybridized carbons (Fsp3) is 0.778. The Hall–Kier alpha value is -1.09. The molecule has 86 valence electrons. The van der Waals surface area contributed by atoms with Crippen molar-refractivity contribution in [3.63, 3.8) is 0 Å². The minimum absolute atomic E-state index is 0.0990. The number of nitrogens with zero attached hydrogens (tertiary/aromatic N) is 1. The van der Waals surface area contributed by atoms with Gasteiger partial charge in [-0.25, -0.2) is 8.42 Å². The van der Waals surface area contributed by atoms with Crippen molar-refractivity contribution in [1.82, 2.24) is 0 Å². The molecule has 5 nitrogen and oxygen atoms in total. The Kier molecular flexibility index (Phi) is 5.94. The smallest absolute Gasteiger partial charge is 0.324 e. The highest BCUT2D eigenvalue weighted by Gasteiger charge is 2.31. The van der Waals surface area contributed by atoms with E-state index in [0.29, 0.717) is 0 Å². The molecular weight excluding hydrogens is 218 g/mol. The summed E-state index contributed by atoms with van der Waals surface area (Å²) in [5.74, 6) is -1.01. The lowest BCUT2D eigenvalue weighted by Gasteiger charge is -2.13. The molecule has 0 aliphatic carbocycles. The molecule has 1 unspecified atom stereocenters. The van der Waals surface area contributed by atoms with Gasteiger partial charge in [0, 0.05) is 6.42 Å². The van der Waals surface area contributed by atoms with Crippen LogP contribution in [0.15, 0.2) is 0 Å². The molecule has 0 saturated heterocycles. The number of esters is 1. The number of nitriles is 1. The molecule has 15 heavy (non-hydrogen) atoms. The van der Waals surface area contributed by atoms with Crippen LogP contribution < -0.4 is 0 Å². The molecule has 0 aromatic rings. The summed E-state index contributed by atoms with van der Waals surface area (Å²) in [5.41, 5.74) is 0. The van der Waals surface area contributed by atoms with Crippen LogP contribution >= 0.6 is 0 Å². The Balaban J connectivity index is 4.66. The fourth-order valence-corrected chi connectivity index (χ4v) is 2.66. The lowest BCUT2D eigenvalue weighted by atomic mass is 10.3. The number of sulfone groups is 1. The van der Waals surface area contributed by atoms with E-state index in [2.05, 4.69) is 4.74 Å². The number of carbonyl (C=O) groups excluding carboxylic acids is 1. The van der Waals surface area contributed by atoms with Gasteiger partial charge in [-0.05, 0) is 13.3 Å². The summed E-state index contributed by atoms with van der Waals surface area (Å²) >= 11 is 0. The van der Waals surface area contributed by atoms with Gasteiger partial charge < -0.3 is 4.74 Å². The first kappa shape index (κ1) is 13.9. The maximum absolute atomic E-state index is 11.6. The van der Waals surface area contributed by atoms with E-state index in [-0.39, 0.29) is 25.2 Å². The molecule has 0 aliphatic heterocycles. The van der Waals surface area contributed by atoms with Crippen molar-refractivity contribution in [2.45, 2.75) is 31.9 Å². The summed E-state index contributed by atoms with van der Waals surface area (Å²) in [6, 6.07) is 1.74. The standard InChI is InChI=1S/C9H15NO4S/c1-3-8(9(11)14-4-2)15(12,13)7-5-6-10/h8H,3-5,7H2,1-2H3. The maximum Gasteiger partial charge on any atom is 0.324 e. The van der Waals surface area contributed by atoms with Crippen LogP contribution in [0.25, 0.3) is 0 Å². The summed E-state index contributed by atoms with van der Waals surface area (Å²) < 4.78 is 27.8. The third-order valence-corrected chi connectivity index (χ3v) is 4.02. The van der Waals surface area contributed by atoms with Crippen LogP contribution in [0.3, 0.4) is 0 Å². The quantitative estimate of drug-likeness (QED) is 0.629. The van der Waals surface area contributed by atoms with E-state index in [1.165, 1.54) is 0 Å². The summed E-state index contributed by atoms with van der Waals surface area (Å²) in [7, 11) is -3.55. The van der Waals surface area contributed by atoms with E-state index < -0.39 is 21.1 Å². The second kappa shape index (κ2) is 6.40. The Labute approximate surface area is 90.0 Å². The van der Waals surface area contributed by atoms with Gasteiger partial charge in [0.1, 0.15) is 0 Å². The Morgan fingerprint density at radius 2 is 2.07 bits per heavy atom. The normalized spacial score (nSPS) is 12.9. The molecule has 0 N–H and O–H groups in total. The van der Waals surface area contributed by atoms with Crippen LogP contribution in [-0.2, 0) is 19.4 Å². The highest BCUT2D eigenvalue weighted by molar-refractivity contribution is 7.92. The van der Waals surface area contributed by atoms with Crippen molar-refractivity contribution >= 4 is 15.8 Å². The zero-order valence-corrected chi connectivity index (χ0v) is 9.71. The number of ether oxygens (including phenoxy) is 1. The van der Waals surface area contributed by atoms with E-state index in [1.807, 2.05) is 0 Å². The number of rotatable bonds is 6. The molecule has 0 heterocycles. The molecule has 0 amide bonds. The van der Waals surface area contributed by atoms with Crippen LogP contribution in [0.5, 0.6) is 0 Å². The second-order valence-corrected chi connectivity index (χ2v) is 5.23. The molecule has 0 rings (SSSR count). The molecule has 0 bridgehead atoms. The van der Waals surface area contributed by atoms with Gasteiger partial charge in [-0.15, -0.1) is 0 Å². The minimum Gasteiger partial charge on any atom is -0.465 e. The van der Waals surface area contributed by atoms with E-state index >= 15 is 0 Å². The average molecular weight is 233 g/mol. The van der Waals surface area contributed by atoms with Crippen molar-refractivity contribution < 1.29 is 17.9 Å². The lowest BCUT2D eigenvalue weighted by Crippen LogP contribution is -2.33. The molecule has 0 aromatic heterocycles. The Morgan fingerprint density at radius 3 is 2.47 bits per heavy atom. The zero-order chi connectivity index (χ0) is 11.9. The lowest BCUT2D eigenvalue weighted by molar-refractivity contribution is -0.142. The number of hydrogen-bond donors (Lipinski definition) is 0. The second-order valence-electron chi connectivity index (χ2n) is 2.92. The van der Waals surface area contributed by atoms with Gasteiger partial charge in [-0.2, -0.15) is 5.26 Å². The highest BCUT2D eigenvalue weighted by Crippen LogP contribution is 2.10. The molecule has 0 aliphatic rings. The number of carbonyl (C=O) groups is 1. The van der Waals surface area contributed by atoms with Crippen molar-refractivity contribution in [3.8, 4) is 6.07 Å². The van der Waals surface area contributed by atoms with E-state index in [9.17, 15) is 13.2 Å². The molecule has 0 spiro atoms. The fourth-order valence-electron chi connectivity index (χ4n) is 1.13. The molecular formula is C9H15NO4S. The summed E-state index contributed by atoms with van der Waals surface area (Å²) in [4.78, 5) is 11.3. The monoisotopic (exact) mass is 233 g/mol. The summed E-state index contributed by atoms with van der Waals surface area (Å²) in [6.45, 7) is 3.38. The predicted molar refractivity (Wildman–Crippen MR) is 54.7 cm³/mol. The SMILES string of the molecule is CCOC(=O)C(CC)S(=O)(=O)CCC#N. The van der Waals surface area contributed by atoms with Gasteiger partial charge in [-0.3, -0.25) is 4.79 Å². The van der Waals surface area contributed by atoms with Gasteiger partial charge in [-0.1, -0.05) is 6.92 Å². The third kappa shape index (κ3) is 4.30. The molecule has 0 aromatic carbocycles. The molecule has 0 saturated carbocycles. The summed E-state index contributed by atoms with van der Waals surface area (Å²) in [6.07, 6.45) is 0.0742. The van der Waals surface area contributed by atoms with E-state index in [4.69, 9.17) is 5.26 Å². The average Bonchev–Trinajstić information content (AvgIpc) is 2.16. The zero-order valence-electron chi connectivity index (χ0n) is 8.89. The highest BCUT2D eigenvalue weighted by atomic mass is 32.2. The van der Waals surface area contributed by atoms with Crippen LogP contribution in [0.4, 0.5) is 0 Å². The van der Waals surface area contributed by atoms with E-state index in [1.54, 1.807) is 19.9 Å². The van der Waals surface area contributed by atoms with Gasteiger partial charge in [0.25, 0.3) is 0 Å². The summed E-state index contributed by atoms with van der Waals surface area (Å²) in [5, 5.41) is 7.16. The first-order valence-corrected chi connectivity index (χ1v) is 6.46. The Morgan fingerprint density at radius 1 is 1.47 bits per heavy atom. The topological polar surface area (TPSA) is 84.2 Å². The van der Waals surface area contributed by atoms with Crippen molar-refractivity contribution in [2.75, 3.05) is 12.4 Å². The maximum atomic E-state index is 11.6. The third-order valence-electron chi connectivity index (χ3n) is 1.85. The van der Waals surface area contributed by atoms with E-state index in [0.717, 1.165) is 0 Å². The van der Waals surface area contributed by atoms with Gasteiger partial charge >= 0.3 is 5.97 Å². The largest absolute Gasteiger partial charge is 0.465 e. The minimum atomic E-state index is -3.55. The Bertz CT molecular complexity index is 342. The molecule has 6 heteroatoms. The van der Waals surface area contributed by atoms with Crippen molar-refractivity contribution in [2.24, 2.45) is 0 Å². The van der Waals surface area contributed by atoms with Crippen LogP contribution in [-0.4, -0.2) is 32.0 Å². The predicted octanol–water partition coefficient (Wildman–Crippen LogP) is 0.657. The van der Waals surface area contributed by atoms with Crippen LogP contribution in [0.2, 0.25) is 0 Å². The molecule has 0 radical (unpaired) electrons.